The van der Waals surface area contributed by atoms with Crippen molar-refractivity contribution in [2.75, 3.05) is 0 Å². The van der Waals surface area contributed by atoms with Crippen molar-refractivity contribution in [3.8, 4) is 0 Å². The Kier molecular flexibility index (Phi) is 4.79. The predicted molar refractivity (Wildman–Crippen MR) is 117 cm³/mol. The van der Waals surface area contributed by atoms with Crippen LogP contribution in [0.15, 0.2) is 70.6 Å². The normalized spacial score (nSPS) is 13.1. The SMILES string of the molecule is O=c1c2c3c(sc2nc(SCc2ccccc2)n1Cc1ccccc1)CCC3. The van der Waals surface area contributed by atoms with E-state index in [0.717, 1.165) is 46.0 Å². The van der Waals surface area contributed by atoms with Crippen LogP contribution in [-0.2, 0) is 25.1 Å². The van der Waals surface area contributed by atoms with Crippen LogP contribution < -0.4 is 5.56 Å². The summed E-state index contributed by atoms with van der Waals surface area (Å²) in [5.74, 6) is 0.804. The van der Waals surface area contributed by atoms with Crippen LogP contribution in [0.2, 0.25) is 0 Å². The lowest BCUT2D eigenvalue weighted by Gasteiger charge is -2.12. The van der Waals surface area contributed by atoms with Gasteiger partial charge in [0, 0.05) is 10.6 Å². The highest BCUT2D eigenvalue weighted by atomic mass is 32.2. The van der Waals surface area contributed by atoms with Gasteiger partial charge < -0.3 is 0 Å². The Morgan fingerprint density at radius 2 is 1.68 bits per heavy atom. The highest BCUT2D eigenvalue weighted by molar-refractivity contribution is 7.98. The zero-order valence-corrected chi connectivity index (χ0v) is 17.1. The monoisotopic (exact) mass is 404 g/mol. The van der Waals surface area contributed by atoms with Gasteiger partial charge in [0.25, 0.3) is 5.56 Å². The highest BCUT2D eigenvalue weighted by Gasteiger charge is 2.23. The van der Waals surface area contributed by atoms with Crippen molar-refractivity contribution in [1.82, 2.24) is 9.55 Å². The fourth-order valence-corrected chi connectivity index (χ4v) is 6.05. The lowest BCUT2D eigenvalue weighted by molar-refractivity contribution is 0.658. The molecule has 2 aromatic carbocycles. The minimum absolute atomic E-state index is 0.115. The third-order valence-corrected chi connectivity index (χ3v) is 7.42. The van der Waals surface area contributed by atoms with Crippen molar-refractivity contribution in [2.24, 2.45) is 0 Å². The van der Waals surface area contributed by atoms with Gasteiger partial charge in [-0.2, -0.15) is 0 Å². The average molecular weight is 405 g/mol. The number of fused-ring (bicyclic) bond motifs is 3. The van der Waals surface area contributed by atoms with E-state index in [1.165, 1.54) is 16.0 Å². The first kappa shape index (κ1) is 17.7. The summed E-state index contributed by atoms with van der Waals surface area (Å²) in [6, 6.07) is 20.5. The summed E-state index contributed by atoms with van der Waals surface area (Å²) in [4.78, 5) is 20.7. The second-order valence-corrected chi connectivity index (χ2v) is 9.11. The first-order valence-electron chi connectivity index (χ1n) is 9.55. The summed E-state index contributed by atoms with van der Waals surface area (Å²) in [6.45, 7) is 0.560. The summed E-state index contributed by atoms with van der Waals surface area (Å²) >= 11 is 3.36. The molecule has 4 aromatic rings. The van der Waals surface area contributed by atoms with Crippen LogP contribution in [0.1, 0.15) is 28.0 Å². The largest absolute Gasteiger partial charge is 0.283 e. The van der Waals surface area contributed by atoms with Gasteiger partial charge in [0.15, 0.2) is 5.16 Å². The lowest BCUT2D eigenvalue weighted by Crippen LogP contribution is -2.24. The first-order chi connectivity index (χ1) is 13.8. The molecule has 0 spiro atoms. The van der Waals surface area contributed by atoms with Crippen molar-refractivity contribution < 1.29 is 0 Å². The quantitative estimate of drug-likeness (QED) is 0.335. The molecule has 5 heteroatoms. The Labute approximate surface area is 172 Å². The lowest BCUT2D eigenvalue weighted by atomic mass is 10.2. The zero-order chi connectivity index (χ0) is 18.9. The molecule has 0 atom stereocenters. The smallest absolute Gasteiger partial charge is 0.263 e. The Morgan fingerprint density at radius 1 is 0.964 bits per heavy atom. The van der Waals surface area contributed by atoms with Crippen molar-refractivity contribution in [3.63, 3.8) is 0 Å². The number of thioether (sulfide) groups is 1. The Hall–Kier alpha value is -2.37. The summed E-state index contributed by atoms with van der Waals surface area (Å²) in [5.41, 5.74) is 3.73. The number of thiophene rings is 1. The molecule has 1 aliphatic carbocycles. The molecule has 28 heavy (non-hydrogen) atoms. The maximum absolute atomic E-state index is 13.5. The van der Waals surface area contributed by atoms with E-state index in [4.69, 9.17) is 4.98 Å². The number of benzene rings is 2. The molecule has 0 N–H and O–H groups in total. The molecule has 5 rings (SSSR count). The molecule has 140 valence electrons. The highest BCUT2D eigenvalue weighted by Crippen LogP contribution is 2.36. The van der Waals surface area contributed by atoms with E-state index in [9.17, 15) is 4.79 Å². The van der Waals surface area contributed by atoms with Gasteiger partial charge in [-0.1, -0.05) is 72.4 Å². The first-order valence-corrected chi connectivity index (χ1v) is 11.4. The van der Waals surface area contributed by atoms with Gasteiger partial charge in [-0.3, -0.25) is 9.36 Å². The van der Waals surface area contributed by atoms with Crippen molar-refractivity contribution >= 4 is 33.3 Å². The molecule has 0 fully saturated rings. The molecule has 0 saturated carbocycles. The van der Waals surface area contributed by atoms with E-state index in [2.05, 4.69) is 24.3 Å². The summed E-state index contributed by atoms with van der Waals surface area (Å²) in [7, 11) is 0. The van der Waals surface area contributed by atoms with Crippen molar-refractivity contribution in [1.29, 1.82) is 0 Å². The third kappa shape index (κ3) is 3.29. The maximum atomic E-state index is 13.5. The summed E-state index contributed by atoms with van der Waals surface area (Å²) in [5, 5.41) is 1.67. The van der Waals surface area contributed by atoms with Gasteiger partial charge in [0.1, 0.15) is 4.83 Å². The van der Waals surface area contributed by atoms with Gasteiger partial charge in [-0.15, -0.1) is 11.3 Å². The standard InChI is InChI=1S/C23H20N2OS2/c26-22-20-18-12-7-13-19(18)28-21(20)24-23(27-15-17-10-5-2-6-11-17)25(22)14-16-8-3-1-4-9-16/h1-6,8-11H,7,12-15H2. The second-order valence-electron chi connectivity index (χ2n) is 7.08. The van der Waals surface area contributed by atoms with E-state index in [-0.39, 0.29) is 5.56 Å². The Balaban J connectivity index is 1.60. The number of hydrogen-bond acceptors (Lipinski definition) is 4. The molecule has 2 heterocycles. The minimum Gasteiger partial charge on any atom is -0.283 e. The molecule has 0 bridgehead atoms. The van der Waals surface area contributed by atoms with Crippen LogP contribution in [0.3, 0.4) is 0 Å². The zero-order valence-electron chi connectivity index (χ0n) is 15.4. The van der Waals surface area contributed by atoms with Crippen LogP contribution in [0.25, 0.3) is 10.2 Å². The van der Waals surface area contributed by atoms with E-state index in [1.807, 2.05) is 41.0 Å². The fourth-order valence-electron chi connectivity index (χ4n) is 3.80. The minimum atomic E-state index is 0.115. The van der Waals surface area contributed by atoms with Crippen LogP contribution >= 0.6 is 23.1 Å². The van der Waals surface area contributed by atoms with Gasteiger partial charge in [0.2, 0.25) is 0 Å². The van der Waals surface area contributed by atoms with Gasteiger partial charge in [-0.25, -0.2) is 4.98 Å². The Bertz CT molecular complexity index is 1180. The number of aryl methyl sites for hydroxylation is 2. The molecule has 1 aliphatic rings. The molecule has 0 radical (unpaired) electrons. The van der Waals surface area contributed by atoms with Gasteiger partial charge in [-0.05, 0) is 36.0 Å². The van der Waals surface area contributed by atoms with E-state index >= 15 is 0 Å². The van der Waals surface area contributed by atoms with E-state index in [1.54, 1.807) is 23.1 Å². The van der Waals surface area contributed by atoms with E-state index in [0.29, 0.717) is 6.54 Å². The third-order valence-electron chi connectivity index (χ3n) is 5.18. The van der Waals surface area contributed by atoms with Gasteiger partial charge in [0.05, 0.1) is 11.9 Å². The molecule has 3 nitrogen and oxygen atoms in total. The molecular formula is C23H20N2OS2. The summed E-state index contributed by atoms with van der Waals surface area (Å²) < 4.78 is 1.87. The number of rotatable bonds is 5. The second kappa shape index (κ2) is 7.57. The van der Waals surface area contributed by atoms with Crippen molar-refractivity contribution in [3.05, 3.63) is 92.6 Å². The average Bonchev–Trinajstić information content (AvgIpc) is 3.31. The molecule has 0 aliphatic heterocycles. The molecule has 0 unspecified atom stereocenters. The van der Waals surface area contributed by atoms with Crippen LogP contribution in [0, 0.1) is 0 Å². The number of aromatic nitrogens is 2. The fraction of sp³-hybridized carbons (Fsp3) is 0.217. The number of nitrogens with zero attached hydrogens (tertiary/aromatic N) is 2. The van der Waals surface area contributed by atoms with Crippen LogP contribution in [-0.4, -0.2) is 9.55 Å². The maximum Gasteiger partial charge on any atom is 0.263 e. The summed E-state index contributed by atoms with van der Waals surface area (Å²) in [6.07, 6.45) is 3.24. The topological polar surface area (TPSA) is 34.9 Å². The Morgan fingerprint density at radius 3 is 2.43 bits per heavy atom. The van der Waals surface area contributed by atoms with Crippen molar-refractivity contribution in [2.45, 2.75) is 36.7 Å². The van der Waals surface area contributed by atoms with Crippen LogP contribution in [0.4, 0.5) is 0 Å². The van der Waals surface area contributed by atoms with E-state index < -0.39 is 0 Å². The molecular weight excluding hydrogens is 384 g/mol. The molecule has 0 amide bonds. The van der Waals surface area contributed by atoms with Gasteiger partial charge >= 0.3 is 0 Å². The molecule has 2 aromatic heterocycles. The number of hydrogen-bond donors (Lipinski definition) is 0. The molecule has 0 saturated heterocycles. The predicted octanol–water partition coefficient (Wildman–Crippen LogP) is 5.29. The van der Waals surface area contributed by atoms with Crippen LogP contribution in [0.5, 0.6) is 0 Å².